The summed E-state index contributed by atoms with van der Waals surface area (Å²) in [5.74, 6) is 1.21. The van der Waals surface area contributed by atoms with Gasteiger partial charge >= 0.3 is 0 Å². The van der Waals surface area contributed by atoms with Crippen LogP contribution in [-0.2, 0) is 0 Å². The van der Waals surface area contributed by atoms with Crippen LogP contribution in [0.3, 0.4) is 0 Å². The number of hydrogen-bond acceptors (Lipinski definition) is 2. The van der Waals surface area contributed by atoms with E-state index >= 15 is 0 Å². The Hall–Kier alpha value is -2.22. The maximum atomic E-state index is 9.94. The second-order valence-electron chi connectivity index (χ2n) is 4.41. The zero-order valence-corrected chi connectivity index (χ0v) is 10.2. The summed E-state index contributed by atoms with van der Waals surface area (Å²) in [6, 6.07) is 15.4. The first-order valence-corrected chi connectivity index (χ1v) is 5.97. The van der Waals surface area contributed by atoms with Crippen molar-refractivity contribution in [3.05, 3.63) is 59.7 Å². The maximum Gasteiger partial charge on any atom is 0.127 e. The van der Waals surface area contributed by atoms with Gasteiger partial charge in [0.2, 0.25) is 0 Å². The maximum absolute atomic E-state index is 9.94. The summed E-state index contributed by atoms with van der Waals surface area (Å²) in [5.41, 5.74) is 4.16. The molecular formula is C16H14O2. The van der Waals surface area contributed by atoms with Crippen LogP contribution in [0.4, 0.5) is 0 Å². The quantitative estimate of drug-likeness (QED) is 0.820. The van der Waals surface area contributed by atoms with Crippen LogP contribution in [0.5, 0.6) is 11.5 Å². The summed E-state index contributed by atoms with van der Waals surface area (Å²) in [5, 5.41) is 9.94. The molecule has 0 saturated carbocycles. The molecule has 2 aromatic carbocycles. The monoisotopic (exact) mass is 238 g/mol. The first-order valence-electron chi connectivity index (χ1n) is 5.97. The standard InChI is InChI=1S/C16H14O2/c1-11-12-6-3-5-9-16(12)18-10-14(11)13-7-2-4-8-15(13)17/h2-9,17H,10H2,1H3. The summed E-state index contributed by atoms with van der Waals surface area (Å²) in [4.78, 5) is 0. The number of ether oxygens (including phenoxy) is 1. The highest BCUT2D eigenvalue weighted by Crippen LogP contribution is 2.38. The van der Waals surface area contributed by atoms with Gasteiger partial charge < -0.3 is 9.84 Å². The van der Waals surface area contributed by atoms with Gasteiger partial charge in [-0.25, -0.2) is 0 Å². The lowest BCUT2D eigenvalue weighted by Crippen LogP contribution is -2.09. The molecule has 1 aliphatic rings. The van der Waals surface area contributed by atoms with Gasteiger partial charge in [-0.15, -0.1) is 0 Å². The largest absolute Gasteiger partial charge is 0.507 e. The second-order valence-corrected chi connectivity index (χ2v) is 4.41. The van der Waals surface area contributed by atoms with Crippen LogP contribution in [0.1, 0.15) is 18.1 Å². The number of hydrogen-bond donors (Lipinski definition) is 1. The van der Waals surface area contributed by atoms with Crippen molar-refractivity contribution in [3.63, 3.8) is 0 Å². The first-order chi connectivity index (χ1) is 8.77. The van der Waals surface area contributed by atoms with Crippen LogP contribution in [0, 0.1) is 0 Å². The van der Waals surface area contributed by atoms with Crippen LogP contribution in [0.15, 0.2) is 48.5 Å². The third kappa shape index (κ3) is 1.66. The number of phenols is 1. The van der Waals surface area contributed by atoms with E-state index in [9.17, 15) is 5.11 Å². The van der Waals surface area contributed by atoms with E-state index in [-0.39, 0.29) is 0 Å². The second kappa shape index (κ2) is 4.22. The summed E-state index contributed by atoms with van der Waals surface area (Å²) in [7, 11) is 0. The molecule has 0 amide bonds. The molecular weight excluding hydrogens is 224 g/mol. The Bertz CT molecular complexity index is 626. The normalized spacial score (nSPS) is 14.1. The van der Waals surface area contributed by atoms with Crippen molar-refractivity contribution < 1.29 is 9.84 Å². The lowest BCUT2D eigenvalue weighted by Gasteiger charge is -2.22. The number of aromatic hydroxyl groups is 1. The van der Waals surface area contributed by atoms with E-state index in [1.807, 2.05) is 42.5 Å². The van der Waals surface area contributed by atoms with Crippen molar-refractivity contribution in [2.24, 2.45) is 0 Å². The van der Waals surface area contributed by atoms with E-state index in [1.165, 1.54) is 5.57 Å². The predicted molar refractivity (Wildman–Crippen MR) is 72.5 cm³/mol. The minimum absolute atomic E-state index is 0.301. The van der Waals surface area contributed by atoms with Gasteiger partial charge in [-0.1, -0.05) is 36.4 Å². The number of allylic oxidation sites excluding steroid dienone is 1. The van der Waals surface area contributed by atoms with Gasteiger partial charge in [-0.3, -0.25) is 0 Å². The third-order valence-corrected chi connectivity index (χ3v) is 3.34. The van der Waals surface area contributed by atoms with Crippen LogP contribution >= 0.6 is 0 Å². The molecule has 0 radical (unpaired) electrons. The van der Waals surface area contributed by atoms with Crippen LogP contribution in [0.2, 0.25) is 0 Å². The molecule has 0 unspecified atom stereocenters. The molecule has 1 aliphatic heterocycles. The molecule has 1 N–H and O–H groups in total. The van der Waals surface area contributed by atoms with Crippen molar-refractivity contribution in [2.45, 2.75) is 6.92 Å². The highest BCUT2D eigenvalue weighted by Gasteiger charge is 2.19. The molecule has 2 heteroatoms. The van der Waals surface area contributed by atoms with Crippen LogP contribution < -0.4 is 4.74 Å². The lowest BCUT2D eigenvalue weighted by atomic mass is 9.93. The average molecular weight is 238 g/mol. The van der Waals surface area contributed by atoms with E-state index in [1.54, 1.807) is 6.07 Å². The molecule has 0 aromatic heterocycles. The Morgan fingerprint density at radius 1 is 0.944 bits per heavy atom. The molecule has 3 rings (SSSR count). The van der Waals surface area contributed by atoms with Gasteiger partial charge in [0.25, 0.3) is 0 Å². The van der Waals surface area contributed by atoms with Gasteiger partial charge in [-0.05, 0) is 24.6 Å². The topological polar surface area (TPSA) is 29.5 Å². The molecule has 2 aromatic rings. The Morgan fingerprint density at radius 3 is 2.39 bits per heavy atom. The molecule has 2 nitrogen and oxygen atoms in total. The Kier molecular flexibility index (Phi) is 2.56. The molecule has 0 fully saturated rings. The molecule has 18 heavy (non-hydrogen) atoms. The zero-order valence-electron chi connectivity index (χ0n) is 10.2. The summed E-state index contributed by atoms with van der Waals surface area (Å²) in [6.45, 7) is 2.57. The van der Waals surface area contributed by atoms with Crippen molar-refractivity contribution in [3.8, 4) is 11.5 Å². The van der Waals surface area contributed by atoms with Gasteiger partial charge in [-0.2, -0.15) is 0 Å². The number of fused-ring (bicyclic) bond motifs is 1. The number of benzene rings is 2. The highest BCUT2D eigenvalue weighted by atomic mass is 16.5. The van der Waals surface area contributed by atoms with Crippen LogP contribution in [0.25, 0.3) is 11.1 Å². The van der Waals surface area contributed by atoms with E-state index in [4.69, 9.17) is 4.74 Å². The third-order valence-electron chi connectivity index (χ3n) is 3.34. The van der Waals surface area contributed by atoms with E-state index in [2.05, 4.69) is 6.92 Å². The molecule has 0 bridgehead atoms. The summed E-state index contributed by atoms with van der Waals surface area (Å²) in [6.07, 6.45) is 0. The smallest absolute Gasteiger partial charge is 0.127 e. The zero-order chi connectivity index (χ0) is 12.5. The van der Waals surface area contributed by atoms with Crippen molar-refractivity contribution >= 4 is 11.1 Å². The molecule has 0 aliphatic carbocycles. The van der Waals surface area contributed by atoms with E-state index in [0.717, 1.165) is 22.4 Å². The van der Waals surface area contributed by atoms with Crippen LogP contribution in [-0.4, -0.2) is 11.7 Å². The highest BCUT2D eigenvalue weighted by molar-refractivity contribution is 5.94. The number of rotatable bonds is 1. The minimum atomic E-state index is 0.301. The van der Waals surface area contributed by atoms with E-state index in [0.29, 0.717) is 12.4 Å². The van der Waals surface area contributed by atoms with Gasteiger partial charge in [0, 0.05) is 16.7 Å². The molecule has 1 heterocycles. The van der Waals surface area contributed by atoms with Crippen molar-refractivity contribution in [1.82, 2.24) is 0 Å². The lowest BCUT2D eigenvalue weighted by molar-refractivity contribution is 0.363. The Labute approximate surface area is 106 Å². The number of para-hydroxylation sites is 2. The fourth-order valence-electron chi connectivity index (χ4n) is 2.33. The minimum Gasteiger partial charge on any atom is -0.507 e. The SMILES string of the molecule is CC1=C(c2ccccc2O)COc2ccccc21. The van der Waals surface area contributed by atoms with Gasteiger partial charge in [0.05, 0.1) is 0 Å². The predicted octanol–water partition coefficient (Wildman–Crippen LogP) is 3.72. The van der Waals surface area contributed by atoms with Crippen molar-refractivity contribution in [1.29, 1.82) is 0 Å². The fraction of sp³-hybridized carbons (Fsp3) is 0.125. The van der Waals surface area contributed by atoms with Gasteiger partial charge in [0.1, 0.15) is 18.1 Å². The van der Waals surface area contributed by atoms with E-state index < -0.39 is 0 Å². The molecule has 90 valence electrons. The Morgan fingerprint density at radius 2 is 1.61 bits per heavy atom. The first kappa shape index (κ1) is 10.9. The Balaban J connectivity index is 2.18. The number of phenolic OH excluding ortho intramolecular Hbond substituents is 1. The molecule has 0 saturated heterocycles. The fourth-order valence-corrected chi connectivity index (χ4v) is 2.33. The van der Waals surface area contributed by atoms with Gasteiger partial charge in [0.15, 0.2) is 0 Å². The molecule has 0 spiro atoms. The average Bonchev–Trinajstić information content (AvgIpc) is 2.41. The molecule has 0 atom stereocenters. The summed E-state index contributed by atoms with van der Waals surface area (Å²) < 4.78 is 5.75. The summed E-state index contributed by atoms with van der Waals surface area (Å²) >= 11 is 0. The van der Waals surface area contributed by atoms with Crippen molar-refractivity contribution in [2.75, 3.05) is 6.61 Å².